The molecule has 0 amide bonds. The molecule has 0 radical (unpaired) electrons. The second-order valence-electron chi connectivity index (χ2n) is 5.44. The summed E-state index contributed by atoms with van der Waals surface area (Å²) < 4.78 is 38.1. The lowest BCUT2D eigenvalue weighted by atomic mass is 9.76. The van der Waals surface area contributed by atoms with Crippen LogP contribution in [0.4, 0.5) is 13.2 Å². The predicted octanol–water partition coefficient (Wildman–Crippen LogP) is 4.87. The van der Waals surface area contributed by atoms with Gasteiger partial charge in [0.2, 0.25) is 0 Å². The van der Waals surface area contributed by atoms with Crippen LogP contribution in [0.1, 0.15) is 37.3 Å². The number of nitrogens with two attached hydrogens (primary N) is 1. The second kappa shape index (κ2) is 6.73. The van der Waals surface area contributed by atoms with E-state index in [1.165, 1.54) is 0 Å². The molecule has 0 aromatic heterocycles. The van der Waals surface area contributed by atoms with Gasteiger partial charge in [0.15, 0.2) is 0 Å². The number of alkyl halides is 3. The van der Waals surface area contributed by atoms with Crippen LogP contribution >= 0.6 is 23.2 Å². The zero-order valence-electron chi connectivity index (χ0n) is 11.3. The topological polar surface area (TPSA) is 38.0 Å². The maximum Gasteiger partial charge on any atom is 0.391 e. The standard InChI is InChI=1S/C14H17Cl2F3N2/c15-11-3-1-2-10(12(11)16)13(21-20)8-4-6-9(7-5-8)14(17,18)19/h1-3,8-9,13,21H,4-7,20H2. The van der Waals surface area contributed by atoms with E-state index in [-0.39, 0.29) is 24.8 Å². The summed E-state index contributed by atoms with van der Waals surface area (Å²) in [5.74, 6) is 4.41. The quantitative estimate of drug-likeness (QED) is 0.608. The lowest BCUT2D eigenvalue weighted by Gasteiger charge is -2.34. The molecule has 0 saturated heterocycles. The van der Waals surface area contributed by atoms with Gasteiger partial charge >= 0.3 is 6.18 Å². The van der Waals surface area contributed by atoms with Crippen LogP contribution in [0.15, 0.2) is 18.2 Å². The molecule has 0 spiro atoms. The maximum atomic E-state index is 12.7. The molecule has 3 N–H and O–H groups in total. The molecule has 0 aliphatic heterocycles. The van der Waals surface area contributed by atoms with Crippen molar-refractivity contribution in [1.82, 2.24) is 5.43 Å². The Hall–Kier alpha value is -0.490. The van der Waals surface area contributed by atoms with Gasteiger partial charge in [-0.25, -0.2) is 0 Å². The Labute approximate surface area is 131 Å². The smallest absolute Gasteiger partial charge is 0.271 e. The fourth-order valence-corrected chi connectivity index (χ4v) is 3.45. The van der Waals surface area contributed by atoms with Crippen LogP contribution in [0.3, 0.4) is 0 Å². The van der Waals surface area contributed by atoms with Crippen LogP contribution in [0.25, 0.3) is 0 Å². The van der Waals surface area contributed by atoms with E-state index in [1.807, 2.05) is 0 Å². The molecule has 118 valence electrons. The maximum absolute atomic E-state index is 12.7. The molecule has 2 nitrogen and oxygen atoms in total. The van der Waals surface area contributed by atoms with Crippen molar-refractivity contribution < 1.29 is 13.2 Å². The van der Waals surface area contributed by atoms with Crippen molar-refractivity contribution in [3.63, 3.8) is 0 Å². The van der Waals surface area contributed by atoms with Crippen molar-refractivity contribution in [1.29, 1.82) is 0 Å². The van der Waals surface area contributed by atoms with Gasteiger partial charge in [0.1, 0.15) is 0 Å². The van der Waals surface area contributed by atoms with Crippen molar-refractivity contribution in [2.45, 2.75) is 37.9 Å². The first-order valence-corrected chi connectivity index (χ1v) is 7.57. The number of benzene rings is 1. The molecule has 21 heavy (non-hydrogen) atoms. The minimum atomic E-state index is -4.11. The summed E-state index contributed by atoms with van der Waals surface area (Å²) in [6, 6.07) is 4.94. The van der Waals surface area contributed by atoms with Crippen molar-refractivity contribution >= 4 is 23.2 Å². The summed E-state index contributed by atoms with van der Waals surface area (Å²) in [6.45, 7) is 0. The predicted molar refractivity (Wildman–Crippen MR) is 78.0 cm³/mol. The number of hydrogen-bond acceptors (Lipinski definition) is 2. The summed E-state index contributed by atoms with van der Waals surface area (Å²) in [5.41, 5.74) is 3.42. The van der Waals surface area contributed by atoms with Gasteiger partial charge in [-0.15, -0.1) is 0 Å². The molecule has 1 aromatic carbocycles. The highest BCUT2D eigenvalue weighted by Gasteiger charge is 2.42. The molecule has 1 aliphatic rings. The van der Waals surface area contributed by atoms with Crippen LogP contribution in [0.2, 0.25) is 10.0 Å². The molecule has 2 rings (SSSR count). The molecule has 1 fully saturated rings. The third kappa shape index (κ3) is 3.83. The van der Waals surface area contributed by atoms with Gasteiger partial charge < -0.3 is 0 Å². The molecule has 1 unspecified atom stereocenters. The van der Waals surface area contributed by atoms with Gasteiger partial charge in [-0.05, 0) is 43.2 Å². The van der Waals surface area contributed by atoms with Gasteiger partial charge in [0, 0.05) is 0 Å². The first kappa shape index (κ1) is 16.9. The van der Waals surface area contributed by atoms with E-state index in [2.05, 4.69) is 5.43 Å². The first-order chi connectivity index (χ1) is 9.84. The highest BCUT2D eigenvalue weighted by atomic mass is 35.5. The Morgan fingerprint density at radius 2 is 1.76 bits per heavy atom. The van der Waals surface area contributed by atoms with Gasteiger partial charge in [0.05, 0.1) is 22.0 Å². The van der Waals surface area contributed by atoms with Crippen LogP contribution in [0, 0.1) is 11.8 Å². The summed E-state index contributed by atoms with van der Waals surface area (Å²) >= 11 is 12.2. The third-order valence-corrected chi connectivity index (χ3v) is 5.04. The Bertz CT molecular complexity index is 486. The van der Waals surface area contributed by atoms with Gasteiger partial charge in [-0.2, -0.15) is 13.2 Å². The molecular formula is C14H17Cl2F3N2. The van der Waals surface area contributed by atoms with E-state index in [9.17, 15) is 13.2 Å². The lowest BCUT2D eigenvalue weighted by molar-refractivity contribution is -0.184. The fourth-order valence-electron chi connectivity index (χ4n) is 3.02. The number of nitrogens with one attached hydrogen (secondary N) is 1. The van der Waals surface area contributed by atoms with Gasteiger partial charge in [-0.3, -0.25) is 11.3 Å². The van der Waals surface area contributed by atoms with Crippen molar-refractivity contribution in [2.75, 3.05) is 0 Å². The van der Waals surface area contributed by atoms with Crippen LogP contribution in [-0.4, -0.2) is 6.18 Å². The normalized spacial score (nSPS) is 24.9. The number of hydrogen-bond donors (Lipinski definition) is 2. The zero-order valence-corrected chi connectivity index (χ0v) is 12.8. The molecule has 0 heterocycles. The highest BCUT2D eigenvalue weighted by Crippen LogP contribution is 2.44. The molecule has 1 aromatic rings. The van der Waals surface area contributed by atoms with E-state index in [0.29, 0.717) is 22.9 Å². The zero-order chi connectivity index (χ0) is 15.6. The number of rotatable bonds is 3. The molecular weight excluding hydrogens is 324 g/mol. The van der Waals surface area contributed by atoms with E-state index < -0.39 is 12.1 Å². The molecule has 7 heteroatoms. The van der Waals surface area contributed by atoms with E-state index in [4.69, 9.17) is 29.0 Å². The number of hydrazine groups is 1. The van der Waals surface area contributed by atoms with E-state index in [1.54, 1.807) is 18.2 Å². The van der Waals surface area contributed by atoms with Crippen molar-refractivity contribution in [2.24, 2.45) is 17.7 Å². The van der Waals surface area contributed by atoms with Crippen molar-refractivity contribution in [3.05, 3.63) is 33.8 Å². The van der Waals surface area contributed by atoms with Crippen molar-refractivity contribution in [3.8, 4) is 0 Å². The second-order valence-corrected chi connectivity index (χ2v) is 6.23. The number of halogens is 5. The lowest BCUT2D eigenvalue weighted by Crippen LogP contribution is -2.37. The van der Waals surface area contributed by atoms with Crippen LogP contribution in [0.5, 0.6) is 0 Å². The van der Waals surface area contributed by atoms with Crippen LogP contribution < -0.4 is 11.3 Å². The monoisotopic (exact) mass is 340 g/mol. The van der Waals surface area contributed by atoms with Crippen LogP contribution in [-0.2, 0) is 0 Å². The molecule has 1 saturated carbocycles. The average molecular weight is 341 g/mol. The summed E-state index contributed by atoms with van der Waals surface area (Å²) in [5, 5.41) is 0.818. The first-order valence-electron chi connectivity index (χ1n) is 6.81. The van der Waals surface area contributed by atoms with E-state index >= 15 is 0 Å². The summed E-state index contributed by atoms with van der Waals surface area (Å²) in [6.07, 6.45) is -2.93. The SMILES string of the molecule is NNC(c1cccc(Cl)c1Cl)C1CCC(C(F)(F)F)CC1. The highest BCUT2D eigenvalue weighted by molar-refractivity contribution is 6.42. The molecule has 1 atom stereocenters. The van der Waals surface area contributed by atoms with Gasteiger partial charge in [0.25, 0.3) is 0 Å². The fraction of sp³-hybridized carbons (Fsp3) is 0.571. The minimum absolute atomic E-state index is 0.0181. The third-order valence-electron chi connectivity index (χ3n) is 4.20. The summed E-state index contributed by atoms with van der Waals surface area (Å²) in [7, 11) is 0. The largest absolute Gasteiger partial charge is 0.391 e. The Kier molecular flexibility index (Phi) is 5.41. The average Bonchev–Trinajstić information content (AvgIpc) is 2.44. The summed E-state index contributed by atoms with van der Waals surface area (Å²) in [4.78, 5) is 0. The minimum Gasteiger partial charge on any atom is -0.271 e. The Morgan fingerprint density at radius 3 is 2.29 bits per heavy atom. The van der Waals surface area contributed by atoms with Gasteiger partial charge in [-0.1, -0.05) is 35.3 Å². The molecule has 1 aliphatic carbocycles. The van der Waals surface area contributed by atoms with E-state index in [0.717, 1.165) is 5.56 Å². The Balaban J connectivity index is 2.12. The Morgan fingerprint density at radius 1 is 1.14 bits per heavy atom. The molecule has 0 bridgehead atoms.